The summed E-state index contributed by atoms with van der Waals surface area (Å²) in [5.41, 5.74) is 3.33. The highest BCUT2D eigenvalue weighted by atomic mass is 35.5. The number of alkyl halides is 1. The third-order valence-corrected chi connectivity index (χ3v) is 4.48. The second-order valence-corrected chi connectivity index (χ2v) is 6.06. The molecule has 2 rings (SSSR count). The molecule has 0 aliphatic carbocycles. The van der Waals surface area contributed by atoms with E-state index in [0.29, 0.717) is 12.4 Å². The second kappa shape index (κ2) is 8.49. The Morgan fingerprint density at radius 1 is 1.29 bits per heavy atom. The van der Waals surface area contributed by atoms with Crippen molar-refractivity contribution in [3.05, 3.63) is 40.9 Å². The summed E-state index contributed by atoms with van der Waals surface area (Å²) in [5, 5.41) is 12.2. The number of nitrogens with zero attached hydrogens (tertiary/aromatic N) is 2. The molecule has 1 aromatic heterocycles. The van der Waals surface area contributed by atoms with Crippen molar-refractivity contribution in [1.82, 2.24) is 9.88 Å². The lowest BCUT2D eigenvalue weighted by atomic mass is 10.1. The summed E-state index contributed by atoms with van der Waals surface area (Å²) in [5.74, 6) is 0.450. The largest absolute Gasteiger partial charge is 0.395 e. The third kappa shape index (κ3) is 4.51. The maximum atomic E-state index is 9.20. The van der Waals surface area contributed by atoms with Gasteiger partial charge in [-0.2, -0.15) is 0 Å². The quantitative estimate of drug-likeness (QED) is 0.751. The zero-order valence-electron chi connectivity index (χ0n) is 12.3. The predicted octanol–water partition coefficient (Wildman–Crippen LogP) is 3.75. The van der Waals surface area contributed by atoms with Gasteiger partial charge >= 0.3 is 0 Å². The minimum atomic E-state index is 0.190. The Kier molecular flexibility index (Phi) is 6.64. The van der Waals surface area contributed by atoms with E-state index in [2.05, 4.69) is 35.0 Å². The average molecular weight is 325 g/mol. The van der Waals surface area contributed by atoms with E-state index in [1.165, 1.54) is 5.56 Å². The first-order chi connectivity index (χ1) is 10.3. The van der Waals surface area contributed by atoms with Crippen LogP contribution in [0.5, 0.6) is 0 Å². The van der Waals surface area contributed by atoms with Crippen LogP contribution in [0.25, 0.3) is 10.6 Å². The molecule has 0 atom stereocenters. The lowest BCUT2D eigenvalue weighted by molar-refractivity contribution is 0.190. The first kappa shape index (κ1) is 16.4. The Morgan fingerprint density at radius 3 is 2.76 bits per heavy atom. The summed E-state index contributed by atoms with van der Waals surface area (Å²) >= 11 is 7.47. The van der Waals surface area contributed by atoms with E-state index in [0.717, 1.165) is 35.8 Å². The number of thiazole rings is 1. The van der Waals surface area contributed by atoms with Crippen molar-refractivity contribution in [2.24, 2.45) is 0 Å². The van der Waals surface area contributed by atoms with Crippen molar-refractivity contribution in [3.8, 4) is 10.6 Å². The Bertz CT molecular complexity index is 553. The molecule has 1 N–H and O–H groups in total. The van der Waals surface area contributed by atoms with Crippen molar-refractivity contribution in [2.45, 2.75) is 25.8 Å². The zero-order valence-corrected chi connectivity index (χ0v) is 13.8. The molecule has 0 fully saturated rings. The molecule has 0 amide bonds. The van der Waals surface area contributed by atoms with Gasteiger partial charge in [0.1, 0.15) is 5.01 Å². The highest BCUT2D eigenvalue weighted by molar-refractivity contribution is 7.13. The number of rotatable bonds is 8. The summed E-state index contributed by atoms with van der Waals surface area (Å²) in [6, 6.07) is 8.33. The fraction of sp³-hybridized carbons (Fsp3) is 0.438. The smallest absolute Gasteiger partial charge is 0.123 e. The molecule has 2 aromatic rings. The van der Waals surface area contributed by atoms with Crippen LogP contribution in [0.2, 0.25) is 0 Å². The van der Waals surface area contributed by atoms with Crippen molar-refractivity contribution in [2.75, 3.05) is 19.7 Å². The maximum absolute atomic E-state index is 9.20. The fourth-order valence-electron chi connectivity index (χ4n) is 2.33. The molecule has 3 nitrogen and oxygen atoms in total. The fourth-order valence-corrected chi connectivity index (χ4v) is 3.44. The minimum absolute atomic E-state index is 0.190. The van der Waals surface area contributed by atoms with Gasteiger partial charge in [0.05, 0.1) is 18.2 Å². The third-order valence-electron chi connectivity index (χ3n) is 3.29. The molecule has 0 bridgehead atoms. The molecule has 1 aromatic carbocycles. The van der Waals surface area contributed by atoms with Crippen LogP contribution in [0.1, 0.15) is 24.6 Å². The normalized spacial score (nSPS) is 11.2. The van der Waals surface area contributed by atoms with Crippen LogP contribution in [0, 0.1) is 0 Å². The number of hydrogen-bond donors (Lipinski definition) is 1. The molecule has 0 aliphatic heterocycles. The Labute approximate surface area is 135 Å². The number of aliphatic hydroxyl groups excluding tert-OH is 1. The number of halogens is 1. The van der Waals surface area contributed by atoms with Crippen molar-refractivity contribution < 1.29 is 5.11 Å². The van der Waals surface area contributed by atoms with Crippen LogP contribution in [0.3, 0.4) is 0 Å². The van der Waals surface area contributed by atoms with E-state index in [1.807, 2.05) is 11.4 Å². The highest BCUT2D eigenvalue weighted by Gasteiger charge is 2.12. The van der Waals surface area contributed by atoms with Gasteiger partial charge in [0.25, 0.3) is 0 Å². The minimum Gasteiger partial charge on any atom is -0.395 e. The van der Waals surface area contributed by atoms with E-state index in [9.17, 15) is 5.11 Å². The Morgan fingerprint density at radius 2 is 2.10 bits per heavy atom. The Hall–Kier alpha value is -0.940. The van der Waals surface area contributed by atoms with Gasteiger partial charge in [0.2, 0.25) is 0 Å². The van der Waals surface area contributed by atoms with Gasteiger partial charge in [-0.3, -0.25) is 4.90 Å². The molecule has 0 saturated heterocycles. The molecule has 21 heavy (non-hydrogen) atoms. The van der Waals surface area contributed by atoms with Crippen molar-refractivity contribution >= 4 is 22.9 Å². The molecule has 0 saturated carbocycles. The first-order valence-corrected chi connectivity index (χ1v) is 8.61. The lowest BCUT2D eigenvalue weighted by Crippen LogP contribution is -2.27. The number of aliphatic hydroxyl groups is 1. The van der Waals surface area contributed by atoms with Crippen LogP contribution < -0.4 is 0 Å². The van der Waals surface area contributed by atoms with E-state index in [-0.39, 0.29) is 6.61 Å². The molecular formula is C16H21ClN2OS. The number of benzene rings is 1. The molecular weight excluding hydrogens is 304 g/mol. The maximum Gasteiger partial charge on any atom is 0.123 e. The molecule has 114 valence electrons. The highest BCUT2D eigenvalue weighted by Crippen LogP contribution is 2.28. The van der Waals surface area contributed by atoms with Gasteiger partial charge < -0.3 is 5.11 Å². The molecule has 0 spiro atoms. The SMILES string of the molecule is CCCN(CCO)Cc1ccccc1-c1nc(CCl)cs1. The molecule has 0 aliphatic rings. The van der Waals surface area contributed by atoms with Crippen molar-refractivity contribution in [1.29, 1.82) is 0 Å². The molecule has 1 heterocycles. The van der Waals surface area contributed by atoms with Gasteiger partial charge in [-0.25, -0.2) is 4.98 Å². The van der Waals surface area contributed by atoms with Crippen LogP contribution >= 0.6 is 22.9 Å². The Balaban J connectivity index is 2.23. The van der Waals surface area contributed by atoms with E-state index >= 15 is 0 Å². The second-order valence-electron chi connectivity index (χ2n) is 4.93. The predicted molar refractivity (Wildman–Crippen MR) is 89.8 cm³/mol. The monoisotopic (exact) mass is 324 g/mol. The van der Waals surface area contributed by atoms with Gasteiger partial charge in [0, 0.05) is 24.0 Å². The van der Waals surface area contributed by atoms with Crippen LogP contribution in [0.15, 0.2) is 29.6 Å². The molecule has 5 heteroatoms. The molecule has 0 unspecified atom stereocenters. The van der Waals surface area contributed by atoms with Gasteiger partial charge in [-0.05, 0) is 18.5 Å². The topological polar surface area (TPSA) is 36.4 Å². The summed E-state index contributed by atoms with van der Waals surface area (Å²) in [6.45, 7) is 4.87. The van der Waals surface area contributed by atoms with Crippen molar-refractivity contribution in [3.63, 3.8) is 0 Å². The van der Waals surface area contributed by atoms with E-state index in [4.69, 9.17) is 11.6 Å². The number of hydrogen-bond acceptors (Lipinski definition) is 4. The standard InChI is InChI=1S/C16H21ClN2OS/c1-2-7-19(8-9-20)11-13-5-3-4-6-15(13)16-18-14(10-17)12-21-16/h3-6,12,20H,2,7-11H2,1H3. The first-order valence-electron chi connectivity index (χ1n) is 7.20. The molecule has 0 radical (unpaired) electrons. The van der Waals surface area contributed by atoms with Crippen LogP contribution in [-0.2, 0) is 12.4 Å². The van der Waals surface area contributed by atoms with Gasteiger partial charge in [-0.1, -0.05) is 31.2 Å². The number of aromatic nitrogens is 1. The average Bonchev–Trinajstić information content (AvgIpc) is 2.97. The van der Waals surface area contributed by atoms with Gasteiger partial charge in [-0.15, -0.1) is 22.9 Å². The van der Waals surface area contributed by atoms with Crippen LogP contribution in [0.4, 0.5) is 0 Å². The van der Waals surface area contributed by atoms with Gasteiger partial charge in [0.15, 0.2) is 0 Å². The summed E-state index contributed by atoms with van der Waals surface area (Å²) in [6.07, 6.45) is 1.08. The summed E-state index contributed by atoms with van der Waals surface area (Å²) < 4.78 is 0. The summed E-state index contributed by atoms with van der Waals surface area (Å²) in [7, 11) is 0. The zero-order chi connectivity index (χ0) is 15.1. The van der Waals surface area contributed by atoms with Crippen LogP contribution in [-0.4, -0.2) is 34.7 Å². The van der Waals surface area contributed by atoms with E-state index < -0.39 is 0 Å². The summed E-state index contributed by atoms with van der Waals surface area (Å²) in [4.78, 5) is 6.85. The lowest BCUT2D eigenvalue weighted by Gasteiger charge is -2.21. The van der Waals surface area contributed by atoms with E-state index in [1.54, 1.807) is 11.3 Å².